The minimum Gasteiger partial charge on any atom is -0.316 e. The molecule has 2 nitrogen and oxygen atoms in total. The second-order valence-corrected chi connectivity index (χ2v) is 4.30. The summed E-state index contributed by atoms with van der Waals surface area (Å²) >= 11 is 1.72. The van der Waals surface area contributed by atoms with Crippen LogP contribution in [0.15, 0.2) is 41.4 Å². The predicted octanol–water partition coefficient (Wildman–Crippen LogP) is 1.80. The summed E-state index contributed by atoms with van der Waals surface area (Å²) in [6.45, 7) is 1.90. The van der Waals surface area contributed by atoms with E-state index in [4.69, 9.17) is 0 Å². The molecule has 0 amide bonds. The lowest BCUT2D eigenvalue weighted by atomic mass is 10.1. The summed E-state index contributed by atoms with van der Waals surface area (Å²) in [5, 5.41) is 5.24. The Kier molecular flexibility index (Phi) is 3.48. The van der Waals surface area contributed by atoms with Crippen molar-refractivity contribution in [3.63, 3.8) is 0 Å². The van der Waals surface area contributed by atoms with Gasteiger partial charge in [0.1, 0.15) is 0 Å². The number of nitrogens with zero attached hydrogens (tertiary/aromatic N) is 1. The van der Waals surface area contributed by atoms with Gasteiger partial charge in [0.05, 0.1) is 5.38 Å². The lowest BCUT2D eigenvalue weighted by Gasteiger charge is -2.00. The molecule has 0 aliphatic heterocycles. The zero-order chi connectivity index (χ0) is 10.5. The van der Waals surface area contributed by atoms with Crippen LogP contribution in [-0.2, 0) is 13.1 Å². The molecule has 0 saturated heterocycles. The van der Waals surface area contributed by atoms with Gasteiger partial charge in [0.25, 0.3) is 0 Å². The SMILES string of the molecule is CNCc1ccc(C[n+]2ccsc2)cc1. The van der Waals surface area contributed by atoms with Gasteiger partial charge in [-0.3, -0.25) is 0 Å². The van der Waals surface area contributed by atoms with E-state index >= 15 is 0 Å². The fraction of sp³-hybridized carbons (Fsp3) is 0.250. The highest BCUT2D eigenvalue weighted by molar-refractivity contribution is 7.07. The highest BCUT2D eigenvalue weighted by Gasteiger charge is 2.01. The average Bonchev–Trinajstić information content (AvgIpc) is 2.74. The first-order valence-corrected chi connectivity index (χ1v) is 5.96. The molecule has 0 unspecified atom stereocenters. The van der Waals surface area contributed by atoms with E-state index in [-0.39, 0.29) is 0 Å². The maximum Gasteiger partial charge on any atom is 0.224 e. The normalized spacial score (nSPS) is 10.5. The fourth-order valence-electron chi connectivity index (χ4n) is 1.53. The number of nitrogens with one attached hydrogen (secondary N) is 1. The van der Waals surface area contributed by atoms with Crippen molar-refractivity contribution in [1.82, 2.24) is 5.32 Å². The van der Waals surface area contributed by atoms with Gasteiger partial charge in [0.15, 0.2) is 12.7 Å². The van der Waals surface area contributed by atoms with Crippen LogP contribution < -0.4 is 9.88 Å². The molecule has 2 rings (SSSR count). The molecule has 2 aromatic rings. The molecule has 1 heterocycles. The first kappa shape index (κ1) is 10.3. The number of benzene rings is 1. The Bertz CT molecular complexity index is 392. The van der Waals surface area contributed by atoms with Crippen LogP contribution in [0.3, 0.4) is 0 Å². The molecule has 78 valence electrons. The minimum absolute atomic E-state index is 0.936. The number of hydrogen-bond donors (Lipinski definition) is 1. The van der Waals surface area contributed by atoms with E-state index in [9.17, 15) is 0 Å². The summed E-state index contributed by atoms with van der Waals surface area (Å²) in [5.74, 6) is 0. The van der Waals surface area contributed by atoms with Crippen molar-refractivity contribution in [3.8, 4) is 0 Å². The van der Waals surface area contributed by atoms with Crippen molar-refractivity contribution in [2.24, 2.45) is 0 Å². The predicted molar refractivity (Wildman–Crippen MR) is 62.8 cm³/mol. The molecule has 0 fully saturated rings. The lowest BCUT2D eigenvalue weighted by molar-refractivity contribution is -0.683. The van der Waals surface area contributed by atoms with Crippen molar-refractivity contribution in [2.75, 3.05) is 7.05 Å². The topological polar surface area (TPSA) is 15.9 Å². The summed E-state index contributed by atoms with van der Waals surface area (Å²) in [7, 11) is 1.97. The van der Waals surface area contributed by atoms with Crippen molar-refractivity contribution >= 4 is 11.3 Å². The number of thiazole rings is 1. The third-order valence-corrected chi connectivity index (χ3v) is 2.97. The summed E-state index contributed by atoms with van der Waals surface area (Å²) in [5.41, 5.74) is 4.80. The fourth-order valence-corrected chi connectivity index (χ4v) is 2.13. The maximum atomic E-state index is 3.15. The molecular formula is C12H15N2S+. The summed E-state index contributed by atoms with van der Waals surface area (Å²) in [4.78, 5) is 0. The van der Waals surface area contributed by atoms with Crippen molar-refractivity contribution in [3.05, 3.63) is 52.5 Å². The van der Waals surface area contributed by atoms with Gasteiger partial charge in [-0.05, 0) is 12.6 Å². The van der Waals surface area contributed by atoms with Crippen molar-refractivity contribution in [1.29, 1.82) is 0 Å². The molecule has 3 heteroatoms. The molecular weight excluding hydrogens is 204 g/mol. The molecule has 0 bridgehead atoms. The van der Waals surface area contributed by atoms with Gasteiger partial charge in [0, 0.05) is 12.1 Å². The quantitative estimate of drug-likeness (QED) is 0.775. The zero-order valence-corrected chi connectivity index (χ0v) is 9.63. The van der Waals surface area contributed by atoms with Gasteiger partial charge in [-0.25, -0.2) is 0 Å². The summed E-state index contributed by atoms with van der Waals surface area (Å²) in [6, 6.07) is 8.74. The molecule has 1 N–H and O–H groups in total. The van der Waals surface area contributed by atoms with Gasteiger partial charge >= 0.3 is 0 Å². The van der Waals surface area contributed by atoms with Crippen LogP contribution in [0.4, 0.5) is 0 Å². The van der Waals surface area contributed by atoms with Crippen LogP contribution in [0.25, 0.3) is 0 Å². The van der Waals surface area contributed by atoms with E-state index in [0.717, 1.165) is 13.1 Å². The minimum atomic E-state index is 0.936. The molecule has 0 aliphatic rings. The van der Waals surface area contributed by atoms with Gasteiger partial charge in [0.2, 0.25) is 5.51 Å². The number of aromatic nitrogens is 1. The maximum absolute atomic E-state index is 3.15. The first-order chi connectivity index (χ1) is 7.38. The molecule has 0 atom stereocenters. The Morgan fingerprint density at radius 1 is 1.20 bits per heavy atom. The van der Waals surface area contributed by atoms with Crippen LogP contribution in [0, 0.1) is 0 Å². The largest absolute Gasteiger partial charge is 0.316 e. The third-order valence-electron chi connectivity index (χ3n) is 2.30. The van der Waals surface area contributed by atoms with Crippen molar-refractivity contribution < 1.29 is 4.57 Å². The number of rotatable bonds is 4. The second-order valence-electron chi connectivity index (χ2n) is 3.55. The van der Waals surface area contributed by atoms with Gasteiger partial charge in [-0.15, -0.1) is 0 Å². The highest BCUT2D eigenvalue weighted by atomic mass is 32.1. The zero-order valence-electron chi connectivity index (χ0n) is 8.81. The molecule has 15 heavy (non-hydrogen) atoms. The van der Waals surface area contributed by atoms with Gasteiger partial charge in [-0.1, -0.05) is 35.6 Å². The molecule has 0 spiro atoms. The van der Waals surface area contributed by atoms with Crippen molar-refractivity contribution in [2.45, 2.75) is 13.1 Å². The third kappa shape index (κ3) is 2.88. The Hall–Kier alpha value is -1.19. The van der Waals surface area contributed by atoms with E-state index in [0.29, 0.717) is 0 Å². The van der Waals surface area contributed by atoms with Gasteiger partial charge in [-0.2, -0.15) is 4.57 Å². The van der Waals surface area contributed by atoms with E-state index in [1.807, 2.05) is 7.05 Å². The Morgan fingerprint density at radius 3 is 2.53 bits per heavy atom. The summed E-state index contributed by atoms with van der Waals surface area (Å²) < 4.78 is 2.19. The first-order valence-electron chi connectivity index (χ1n) is 5.02. The number of hydrogen-bond acceptors (Lipinski definition) is 2. The van der Waals surface area contributed by atoms with E-state index in [1.165, 1.54) is 11.1 Å². The van der Waals surface area contributed by atoms with E-state index < -0.39 is 0 Å². The highest BCUT2D eigenvalue weighted by Crippen LogP contribution is 2.04. The van der Waals surface area contributed by atoms with E-state index in [2.05, 4.69) is 51.2 Å². The molecule has 0 aliphatic carbocycles. The Morgan fingerprint density at radius 2 is 1.93 bits per heavy atom. The average molecular weight is 219 g/mol. The van der Waals surface area contributed by atoms with Crippen LogP contribution in [0.2, 0.25) is 0 Å². The molecule has 0 saturated carbocycles. The standard InChI is InChI=1S/C12H15N2S/c1-13-8-11-2-4-12(5-3-11)9-14-6-7-15-10-14/h2-7,10,13H,8-9H2,1H3/q+1. The molecule has 0 radical (unpaired) electrons. The van der Waals surface area contributed by atoms with Crippen LogP contribution in [0.1, 0.15) is 11.1 Å². The molecule has 1 aromatic carbocycles. The second kappa shape index (κ2) is 5.05. The van der Waals surface area contributed by atoms with Gasteiger partial charge < -0.3 is 5.32 Å². The Labute approximate surface area is 94.2 Å². The monoisotopic (exact) mass is 219 g/mol. The smallest absolute Gasteiger partial charge is 0.224 e. The Balaban J connectivity index is 2.04. The van der Waals surface area contributed by atoms with Crippen LogP contribution in [-0.4, -0.2) is 7.05 Å². The van der Waals surface area contributed by atoms with Crippen LogP contribution >= 0.6 is 11.3 Å². The van der Waals surface area contributed by atoms with E-state index in [1.54, 1.807) is 11.3 Å². The summed E-state index contributed by atoms with van der Waals surface area (Å²) in [6.07, 6.45) is 2.10. The van der Waals surface area contributed by atoms with Crippen LogP contribution in [0.5, 0.6) is 0 Å². The molecule has 1 aromatic heterocycles. The lowest BCUT2D eigenvalue weighted by Crippen LogP contribution is -2.30.